The third-order valence-electron chi connectivity index (χ3n) is 5.84. The summed E-state index contributed by atoms with van der Waals surface area (Å²) in [5, 5.41) is 4.98. The van der Waals surface area contributed by atoms with Crippen LogP contribution in [0.1, 0.15) is 41.0 Å². The van der Waals surface area contributed by atoms with Gasteiger partial charge >= 0.3 is 0 Å². The molecule has 5 nitrogen and oxygen atoms in total. The number of nitrogens with zero attached hydrogens (tertiary/aromatic N) is 1. The van der Waals surface area contributed by atoms with Crippen molar-refractivity contribution in [3.8, 4) is 0 Å². The minimum Gasteiger partial charge on any atom is -0.467 e. The first kappa shape index (κ1) is 21.8. The van der Waals surface area contributed by atoms with E-state index < -0.39 is 0 Å². The van der Waals surface area contributed by atoms with Crippen LogP contribution in [0.3, 0.4) is 0 Å². The average molecular weight is 446 g/mol. The number of hydrogen-bond donors (Lipinski definition) is 2. The maximum Gasteiger partial charge on any atom is 0.253 e. The number of aryl methyl sites for hydroxylation is 2. The van der Waals surface area contributed by atoms with Crippen molar-refractivity contribution in [2.24, 2.45) is 0 Å². The van der Waals surface area contributed by atoms with Crippen molar-refractivity contribution in [3.63, 3.8) is 0 Å². The van der Waals surface area contributed by atoms with Gasteiger partial charge in [0, 0.05) is 5.56 Å². The summed E-state index contributed by atoms with van der Waals surface area (Å²) in [6.45, 7) is 6.97. The Balaban J connectivity index is 1.62. The smallest absolute Gasteiger partial charge is 0.253 e. The van der Waals surface area contributed by atoms with Crippen LogP contribution in [0.4, 0.5) is 0 Å². The Hall–Kier alpha value is -3.38. The Morgan fingerprint density at radius 3 is 2.59 bits per heavy atom. The van der Waals surface area contributed by atoms with E-state index in [0.29, 0.717) is 23.8 Å². The van der Waals surface area contributed by atoms with Crippen molar-refractivity contribution in [2.45, 2.75) is 39.9 Å². The molecule has 4 aromatic rings. The number of hydrogen-bond acceptors (Lipinski definition) is 3. The molecule has 6 heteroatoms. The number of benzene rings is 2. The van der Waals surface area contributed by atoms with Gasteiger partial charge in [-0.2, -0.15) is 0 Å². The lowest BCUT2D eigenvalue weighted by molar-refractivity contribution is 0.347. The molecule has 0 aliphatic carbocycles. The molecule has 1 atom stereocenters. The zero-order valence-corrected chi connectivity index (χ0v) is 19.3. The Labute approximate surface area is 193 Å². The average Bonchev–Trinajstić information content (AvgIpc) is 3.30. The van der Waals surface area contributed by atoms with E-state index in [0.717, 1.165) is 33.4 Å². The number of furan rings is 1. The van der Waals surface area contributed by atoms with Crippen LogP contribution in [0.25, 0.3) is 10.9 Å². The first-order valence-electron chi connectivity index (χ1n) is 10.7. The minimum absolute atomic E-state index is 0.0308. The molecule has 2 aromatic carbocycles. The third kappa shape index (κ3) is 4.75. The predicted molar refractivity (Wildman–Crippen MR) is 133 cm³/mol. The Morgan fingerprint density at radius 2 is 1.88 bits per heavy atom. The first-order chi connectivity index (χ1) is 15.4. The molecule has 0 spiro atoms. The van der Waals surface area contributed by atoms with E-state index in [1.165, 1.54) is 0 Å². The highest BCUT2D eigenvalue weighted by molar-refractivity contribution is 7.80. The molecule has 2 N–H and O–H groups in total. The molecule has 164 valence electrons. The molecule has 0 fully saturated rings. The SMILES string of the molecule is Cc1ccc2cc(CN(Cc3ccco3)C(=S)N[C@H](C)c3ccccc3)c(=O)[nH]c2c1C. The minimum atomic E-state index is -0.102. The van der Waals surface area contributed by atoms with Crippen molar-refractivity contribution in [1.29, 1.82) is 0 Å². The predicted octanol–water partition coefficient (Wildman–Crippen LogP) is 5.38. The van der Waals surface area contributed by atoms with Crippen LogP contribution in [0.5, 0.6) is 0 Å². The lowest BCUT2D eigenvalue weighted by atomic mass is 10.0. The van der Waals surface area contributed by atoms with Gasteiger partial charge in [-0.1, -0.05) is 42.5 Å². The summed E-state index contributed by atoms with van der Waals surface area (Å²) < 4.78 is 5.56. The Bertz CT molecular complexity index is 1280. The molecule has 0 radical (unpaired) electrons. The van der Waals surface area contributed by atoms with Crippen molar-refractivity contribution in [1.82, 2.24) is 15.2 Å². The van der Waals surface area contributed by atoms with Crippen LogP contribution in [-0.4, -0.2) is 15.0 Å². The monoisotopic (exact) mass is 445 g/mol. The summed E-state index contributed by atoms with van der Waals surface area (Å²) >= 11 is 5.76. The standard InChI is InChI=1S/C26H27N3O2S/c1-17-11-12-21-14-22(25(30)28-24(21)18(17)2)15-29(16-23-10-7-13-31-23)26(32)27-19(3)20-8-5-4-6-9-20/h4-14,19H,15-16H2,1-3H3,(H,27,32)(H,28,30)/t19-/m1/s1. The molecule has 0 amide bonds. The Morgan fingerprint density at radius 1 is 1.09 bits per heavy atom. The lowest BCUT2D eigenvalue weighted by Gasteiger charge is -2.27. The summed E-state index contributed by atoms with van der Waals surface area (Å²) in [5.74, 6) is 0.783. The van der Waals surface area contributed by atoms with Gasteiger partial charge < -0.3 is 19.6 Å². The van der Waals surface area contributed by atoms with Crippen LogP contribution < -0.4 is 10.9 Å². The van der Waals surface area contributed by atoms with Crippen molar-refractivity contribution < 1.29 is 4.42 Å². The van der Waals surface area contributed by atoms with E-state index in [9.17, 15) is 4.79 Å². The summed E-state index contributed by atoms with van der Waals surface area (Å²) in [7, 11) is 0. The second kappa shape index (κ2) is 9.40. The number of nitrogens with one attached hydrogen (secondary N) is 2. The van der Waals surface area contributed by atoms with Gasteiger partial charge in [0.25, 0.3) is 5.56 Å². The number of fused-ring (bicyclic) bond motifs is 1. The van der Waals surface area contributed by atoms with Crippen LogP contribution in [0, 0.1) is 13.8 Å². The van der Waals surface area contributed by atoms with E-state index in [2.05, 4.69) is 35.4 Å². The zero-order chi connectivity index (χ0) is 22.7. The fourth-order valence-corrected chi connectivity index (χ4v) is 4.09. The first-order valence-corrected chi connectivity index (χ1v) is 11.1. The van der Waals surface area contributed by atoms with Gasteiger partial charge in [0.15, 0.2) is 5.11 Å². The largest absolute Gasteiger partial charge is 0.467 e. The lowest BCUT2D eigenvalue weighted by Crippen LogP contribution is -2.41. The number of thiocarbonyl (C=S) groups is 1. The highest BCUT2D eigenvalue weighted by atomic mass is 32.1. The van der Waals surface area contributed by atoms with E-state index in [-0.39, 0.29) is 11.6 Å². The fourth-order valence-electron chi connectivity index (χ4n) is 3.78. The Kier molecular flexibility index (Phi) is 6.42. The van der Waals surface area contributed by atoms with Crippen LogP contribution in [-0.2, 0) is 13.1 Å². The topological polar surface area (TPSA) is 61.3 Å². The third-order valence-corrected chi connectivity index (χ3v) is 6.22. The van der Waals surface area contributed by atoms with Gasteiger partial charge in [-0.25, -0.2) is 0 Å². The van der Waals surface area contributed by atoms with Gasteiger partial charge in [-0.3, -0.25) is 4.79 Å². The number of H-pyrrole nitrogens is 1. The van der Waals surface area contributed by atoms with Crippen molar-refractivity contribution >= 4 is 28.2 Å². The maximum atomic E-state index is 12.9. The van der Waals surface area contributed by atoms with E-state index in [1.54, 1.807) is 6.26 Å². The normalized spacial score (nSPS) is 12.0. The molecule has 4 rings (SSSR count). The highest BCUT2D eigenvalue weighted by Gasteiger charge is 2.18. The second-order valence-corrected chi connectivity index (χ2v) is 8.50. The molecule has 2 aromatic heterocycles. The molecule has 0 unspecified atom stereocenters. The van der Waals surface area contributed by atoms with Gasteiger partial charge in [0.05, 0.1) is 30.9 Å². The fraction of sp³-hybridized carbons (Fsp3) is 0.231. The molecule has 0 bridgehead atoms. The summed E-state index contributed by atoms with van der Waals surface area (Å²) in [6.07, 6.45) is 1.64. The molecule has 32 heavy (non-hydrogen) atoms. The summed E-state index contributed by atoms with van der Waals surface area (Å²) in [5.41, 5.74) is 4.82. The van der Waals surface area contributed by atoms with E-state index in [4.69, 9.17) is 16.6 Å². The zero-order valence-electron chi connectivity index (χ0n) is 18.5. The number of rotatable bonds is 6. The van der Waals surface area contributed by atoms with Crippen LogP contribution in [0.2, 0.25) is 0 Å². The quantitative estimate of drug-likeness (QED) is 0.391. The van der Waals surface area contributed by atoms with E-state index >= 15 is 0 Å². The molecule has 0 saturated carbocycles. The second-order valence-electron chi connectivity index (χ2n) is 8.11. The van der Waals surface area contributed by atoms with Crippen molar-refractivity contribution in [3.05, 3.63) is 105 Å². The highest BCUT2D eigenvalue weighted by Crippen LogP contribution is 2.20. The summed E-state index contributed by atoms with van der Waals surface area (Å²) in [6, 6.07) is 20.0. The summed E-state index contributed by atoms with van der Waals surface area (Å²) in [4.78, 5) is 18.0. The molecular weight excluding hydrogens is 418 g/mol. The van der Waals surface area contributed by atoms with Crippen molar-refractivity contribution in [2.75, 3.05) is 0 Å². The van der Waals surface area contributed by atoms with Gasteiger partial charge in [0.2, 0.25) is 0 Å². The molecule has 0 aliphatic heterocycles. The molecular formula is C26H27N3O2S. The van der Waals surface area contributed by atoms with Gasteiger partial charge in [-0.15, -0.1) is 0 Å². The van der Waals surface area contributed by atoms with Gasteiger partial charge in [-0.05, 0) is 73.3 Å². The maximum absolute atomic E-state index is 12.9. The molecule has 0 aliphatic rings. The van der Waals surface area contributed by atoms with Gasteiger partial charge in [0.1, 0.15) is 5.76 Å². The van der Waals surface area contributed by atoms with E-state index in [1.807, 2.05) is 61.2 Å². The van der Waals surface area contributed by atoms with Crippen LogP contribution >= 0.6 is 12.2 Å². The number of pyridine rings is 1. The number of aromatic amines is 1. The number of aromatic nitrogens is 1. The van der Waals surface area contributed by atoms with Crippen LogP contribution in [0.15, 0.2) is 76.1 Å². The molecule has 0 saturated heterocycles. The molecule has 2 heterocycles.